The molecule has 9 heteroatoms. The number of benzene rings is 3. The lowest BCUT2D eigenvalue weighted by Crippen LogP contribution is -2.26. The Kier molecular flexibility index (Phi) is 6.98. The third kappa shape index (κ3) is 5.87. The minimum absolute atomic E-state index is 0.0283. The van der Waals surface area contributed by atoms with Gasteiger partial charge in [-0.2, -0.15) is 0 Å². The van der Waals surface area contributed by atoms with E-state index in [0.29, 0.717) is 0 Å². The quantitative estimate of drug-likeness (QED) is 0.547. The fourth-order valence-electron chi connectivity index (χ4n) is 2.77. The zero-order valence-electron chi connectivity index (χ0n) is 16.5. The molecular weight excluding hydrogens is 426 g/mol. The third-order valence-corrected chi connectivity index (χ3v) is 5.92. The van der Waals surface area contributed by atoms with E-state index in [4.69, 9.17) is 4.74 Å². The molecule has 2 N–H and O–H groups in total. The van der Waals surface area contributed by atoms with E-state index >= 15 is 0 Å². The van der Waals surface area contributed by atoms with Crippen molar-refractivity contribution in [3.63, 3.8) is 0 Å². The number of nitrogens with one attached hydrogen (secondary N) is 2. The largest absolute Gasteiger partial charge is 0.484 e. The molecule has 31 heavy (non-hydrogen) atoms. The Balaban J connectivity index is 1.59. The summed E-state index contributed by atoms with van der Waals surface area (Å²) in [6.45, 7) is 1.23. The summed E-state index contributed by atoms with van der Waals surface area (Å²) < 4.78 is 60.1. The number of hydrogen-bond donors (Lipinski definition) is 2. The fourth-order valence-corrected chi connectivity index (χ4v) is 4.00. The van der Waals surface area contributed by atoms with E-state index in [-0.39, 0.29) is 10.6 Å². The van der Waals surface area contributed by atoms with Gasteiger partial charge in [0.2, 0.25) is 10.0 Å². The van der Waals surface area contributed by atoms with Crippen LogP contribution in [0.15, 0.2) is 77.7 Å². The number of carbonyl (C=O) groups is 1. The molecule has 3 rings (SSSR count). The lowest BCUT2D eigenvalue weighted by molar-refractivity contribution is -0.118. The summed E-state index contributed by atoms with van der Waals surface area (Å²) >= 11 is 0. The van der Waals surface area contributed by atoms with Crippen molar-refractivity contribution in [2.45, 2.75) is 17.9 Å². The number of carbonyl (C=O) groups excluding carboxylic acids is 1. The smallest absolute Gasteiger partial charge is 0.262 e. The van der Waals surface area contributed by atoms with Crippen LogP contribution in [0.2, 0.25) is 0 Å². The fraction of sp³-hybridized carbons (Fsp3) is 0.136. The zero-order chi connectivity index (χ0) is 22.4. The maximum atomic E-state index is 13.6. The molecule has 0 fully saturated rings. The number of hydrogen-bond acceptors (Lipinski definition) is 4. The molecule has 0 spiro atoms. The molecule has 1 atom stereocenters. The molecule has 0 aromatic heterocycles. The van der Waals surface area contributed by atoms with Crippen molar-refractivity contribution in [3.8, 4) is 5.75 Å². The molecule has 0 aliphatic heterocycles. The van der Waals surface area contributed by atoms with E-state index in [1.165, 1.54) is 30.3 Å². The van der Waals surface area contributed by atoms with Gasteiger partial charge in [0.1, 0.15) is 23.1 Å². The van der Waals surface area contributed by atoms with Gasteiger partial charge in [0, 0.05) is 6.04 Å². The van der Waals surface area contributed by atoms with E-state index in [0.717, 1.165) is 17.7 Å². The molecule has 0 heterocycles. The molecule has 3 aromatic rings. The van der Waals surface area contributed by atoms with Gasteiger partial charge in [-0.3, -0.25) is 4.79 Å². The first-order chi connectivity index (χ1) is 14.8. The number of halogens is 2. The number of para-hydroxylation sites is 1. The highest BCUT2D eigenvalue weighted by atomic mass is 32.2. The van der Waals surface area contributed by atoms with Gasteiger partial charge >= 0.3 is 0 Å². The van der Waals surface area contributed by atoms with E-state index in [1.54, 1.807) is 6.92 Å². The second-order valence-corrected chi connectivity index (χ2v) is 8.37. The second-order valence-electron chi connectivity index (χ2n) is 6.66. The van der Waals surface area contributed by atoms with Crippen LogP contribution in [0.5, 0.6) is 5.75 Å². The standard InChI is InChI=1S/C22H20F2N2O4S/c1-15(16-6-3-2-4-7-16)26-31(28,29)18-12-10-17(11-13-18)30-14-21(27)25-22-19(23)8-5-9-20(22)24/h2-13,15,26H,14H2,1H3,(H,25,27). The summed E-state index contributed by atoms with van der Waals surface area (Å²) in [5.41, 5.74) is 0.263. The minimum Gasteiger partial charge on any atom is -0.484 e. The zero-order valence-corrected chi connectivity index (χ0v) is 17.3. The Hall–Kier alpha value is -3.30. The van der Waals surface area contributed by atoms with Gasteiger partial charge in [0.05, 0.1) is 4.90 Å². The Bertz CT molecular complexity index is 1130. The molecule has 0 saturated carbocycles. The maximum Gasteiger partial charge on any atom is 0.262 e. The molecule has 1 amide bonds. The van der Waals surface area contributed by atoms with Crippen LogP contribution in [-0.2, 0) is 14.8 Å². The normalized spacial score (nSPS) is 12.2. The highest BCUT2D eigenvalue weighted by Crippen LogP contribution is 2.20. The molecule has 162 valence electrons. The van der Waals surface area contributed by atoms with E-state index in [2.05, 4.69) is 10.0 Å². The summed E-state index contributed by atoms with van der Waals surface area (Å²) in [5.74, 6) is -2.35. The first-order valence-electron chi connectivity index (χ1n) is 9.30. The monoisotopic (exact) mass is 446 g/mol. The van der Waals surface area contributed by atoms with Crippen molar-refractivity contribution in [2.75, 3.05) is 11.9 Å². The number of amides is 1. The minimum atomic E-state index is -3.77. The van der Waals surface area contributed by atoms with Gasteiger partial charge in [-0.25, -0.2) is 21.9 Å². The Morgan fingerprint density at radius 2 is 1.55 bits per heavy atom. The van der Waals surface area contributed by atoms with Crippen LogP contribution in [0, 0.1) is 11.6 Å². The van der Waals surface area contributed by atoms with Crippen LogP contribution in [0.4, 0.5) is 14.5 Å². The molecule has 0 aliphatic rings. The van der Waals surface area contributed by atoms with Crippen molar-refractivity contribution < 1.29 is 26.7 Å². The molecule has 0 aliphatic carbocycles. The van der Waals surface area contributed by atoms with Crippen molar-refractivity contribution in [1.29, 1.82) is 0 Å². The van der Waals surface area contributed by atoms with E-state index < -0.39 is 45.9 Å². The van der Waals surface area contributed by atoms with Gasteiger partial charge in [0.25, 0.3) is 5.91 Å². The second kappa shape index (κ2) is 9.67. The van der Waals surface area contributed by atoms with Crippen LogP contribution < -0.4 is 14.8 Å². The Morgan fingerprint density at radius 1 is 0.935 bits per heavy atom. The number of rotatable bonds is 8. The summed E-state index contributed by atoms with van der Waals surface area (Å²) in [6.07, 6.45) is 0. The predicted octanol–water partition coefficient (Wildman–Crippen LogP) is 4.02. The van der Waals surface area contributed by atoms with E-state index in [9.17, 15) is 22.0 Å². The van der Waals surface area contributed by atoms with Crippen molar-refractivity contribution in [3.05, 3.63) is 90.0 Å². The number of sulfonamides is 1. The van der Waals surface area contributed by atoms with Crippen LogP contribution >= 0.6 is 0 Å². The molecule has 0 radical (unpaired) electrons. The first kappa shape index (κ1) is 22.4. The molecule has 0 bridgehead atoms. The number of ether oxygens (including phenoxy) is 1. The van der Waals surface area contributed by atoms with Crippen LogP contribution in [0.3, 0.4) is 0 Å². The average molecular weight is 446 g/mol. The van der Waals surface area contributed by atoms with Gasteiger partial charge in [-0.15, -0.1) is 0 Å². The van der Waals surface area contributed by atoms with Gasteiger partial charge < -0.3 is 10.1 Å². The van der Waals surface area contributed by atoms with Crippen LogP contribution in [-0.4, -0.2) is 20.9 Å². The molecule has 3 aromatic carbocycles. The van der Waals surface area contributed by atoms with Gasteiger partial charge in [-0.05, 0) is 48.9 Å². The summed E-state index contributed by atoms with van der Waals surface area (Å²) in [5, 5.41) is 2.10. The van der Waals surface area contributed by atoms with E-state index in [1.807, 2.05) is 30.3 Å². The Labute approximate surface area is 178 Å². The first-order valence-corrected chi connectivity index (χ1v) is 10.8. The van der Waals surface area contributed by atoms with Crippen molar-refractivity contribution in [1.82, 2.24) is 4.72 Å². The van der Waals surface area contributed by atoms with Crippen LogP contribution in [0.25, 0.3) is 0 Å². The van der Waals surface area contributed by atoms with Crippen molar-refractivity contribution in [2.24, 2.45) is 0 Å². The summed E-state index contributed by atoms with van der Waals surface area (Å²) in [6, 6.07) is 17.4. The Morgan fingerprint density at radius 3 is 2.16 bits per heavy atom. The topological polar surface area (TPSA) is 84.5 Å². The molecule has 6 nitrogen and oxygen atoms in total. The van der Waals surface area contributed by atoms with Crippen molar-refractivity contribution >= 4 is 21.6 Å². The third-order valence-electron chi connectivity index (χ3n) is 4.36. The average Bonchev–Trinajstić information content (AvgIpc) is 2.75. The lowest BCUT2D eigenvalue weighted by atomic mass is 10.1. The highest BCUT2D eigenvalue weighted by molar-refractivity contribution is 7.89. The number of anilines is 1. The van der Waals surface area contributed by atoms with Gasteiger partial charge in [0.15, 0.2) is 6.61 Å². The SMILES string of the molecule is CC(NS(=O)(=O)c1ccc(OCC(=O)Nc2c(F)cccc2F)cc1)c1ccccc1. The highest BCUT2D eigenvalue weighted by Gasteiger charge is 2.18. The molecule has 1 unspecified atom stereocenters. The predicted molar refractivity (Wildman–Crippen MR) is 112 cm³/mol. The maximum absolute atomic E-state index is 13.6. The van der Waals surface area contributed by atoms with Gasteiger partial charge in [-0.1, -0.05) is 36.4 Å². The summed E-state index contributed by atoms with van der Waals surface area (Å²) in [4.78, 5) is 11.9. The lowest BCUT2D eigenvalue weighted by Gasteiger charge is -2.15. The molecular formula is C22H20F2N2O4S. The summed E-state index contributed by atoms with van der Waals surface area (Å²) in [7, 11) is -3.77. The van der Waals surface area contributed by atoms with Crippen LogP contribution in [0.1, 0.15) is 18.5 Å². The molecule has 0 saturated heterocycles.